The highest BCUT2D eigenvalue weighted by molar-refractivity contribution is 6.30. The van der Waals surface area contributed by atoms with E-state index in [1.54, 1.807) is 11.0 Å². The predicted octanol–water partition coefficient (Wildman–Crippen LogP) is 3.99. The van der Waals surface area contributed by atoms with E-state index >= 15 is 0 Å². The second kappa shape index (κ2) is 7.92. The predicted molar refractivity (Wildman–Crippen MR) is 103 cm³/mol. The SMILES string of the molecule is CCC(C)NC(=O)C1c2ccccc2C(=O)N1CCc1ccc(Cl)cc1. The lowest BCUT2D eigenvalue weighted by molar-refractivity contribution is -0.126. The molecule has 0 aromatic heterocycles. The van der Waals surface area contributed by atoms with Crippen molar-refractivity contribution in [1.82, 2.24) is 10.2 Å². The first kappa shape index (κ1) is 18.5. The molecule has 0 saturated carbocycles. The monoisotopic (exact) mass is 370 g/mol. The molecule has 2 aromatic carbocycles. The highest BCUT2D eigenvalue weighted by atomic mass is 35.5. The Labute approximate surface area is 159 Å². The fourth-order valence-electron chi connectivity index (χ4n) is 3.21. The zero-order valence-electron chi connectivity index (χ0n) is 15.0. The highest BCUT2D eigenvalue weighted by Crippen LogP contribution is 2.34. The topological polar surface area (TPSA) is 49.4 Å². The average molecular weight is 371 g/mol. The summed E-state index contributed by atoms with van der Waals surface area (Å²) in [5.41, 5.74) is 2.49. The van der Waals surface area contributed by atoms with Crippen molar-refractivity contribution in [2.75, 3.05) is 6.54 Å². The first-order chi connectivity index (χ1) is 12.5. The highest BCUT2D eigenvalue weighted by Gasteiger charge is 2.40. The fraction of sp³-hybridized carbons (Fsp3) is 0.333. The molecule has 0 spiro atoms. The van der Waals surface area contributed by atoms with Crippen LogP contribution in [0.15, 0.2) is 48.5 Å². The molecule has 1 aliphatic rings. The summed E-state index contributed by atoms with van der Waals surface area (Å²) in [6.45, 7) is 4.48. The summed E-state index contributed by atoms with van der Waals surface area (Å²) in [7, 11) is 0. The fourth-order valence-corrected chi connectivity index (χ4v) is 3.33. The smallest absolute Gasteiger partial charge is 0.255 e. The van der Waals surface area contributed by atoms with Crippen LogP contribution in [0.3, 0.4) is 0 Å². The molecule has 1 aliphatic heterocycles. The number of benzene rings is 2. The minimum Gasteiger partial charge on any atom is -0.352 e. The number of rotatable bonds is 6. The van der Waals surface area contributed by atoms with Crippen LogP contribution in [0.4, 0.5) is 0 Å². The first-order valence-corrected chi connectivity index (χ1v) is 9.33. The van der Waals surface area contributed by atoms with Gasteiger partial charge in [0.2, 0.25) is 5.91 Å². The third-order valence-corrected chi connectivity index (χ3v) is 5.11. The summed E-state index contributed by atoms with van der Waals surface area (Å²) in [4.78, 5) is 27.4. The molecule has 2 unspecified atom stereocenters. The van der Waals surface area contributed by atoms with E-state index < -0.39 is 6.04 Å². The number of hydrogen-bond acceptors (Lipinski definition) is 2. The van der Waals surface area contributed by atoms with Crippen molar-refractivity contribution in [1.29, 1.82) is 0 Å². The van der Waals surface area contributed by atoms with Gasteiger partial charge in [0.1, 0.15) is 6.04 Å². The van der Waals surface area contributed by atoms with Gasteiger partial charge < -0.3 is 10.2 Å². The van der Waals surface area contributed by atoms with E-state index in [9.17, 15) is 9.59 Å². The summed E-state index contributed by atoms with van der Waals surface area (Å²) < 4.78 is 0. The number of carbonyl (C=O) groups is 2. The van der Waals surface area contributed by atoms with Crippen molar-refractivity contribution in [2.45, 2.75) is 38.8 Å². The van der Waals surface area contributed by atoms with E-state index in [0.29, 0.717) is 23.6 Å². The number of nitrogens with one attached hydrogen (secondary N) is 1. The Bertz CT molecular complexity index is 804. The minimum absolute atomic E-state index is 0.0727. The Kier molecular flexibility index (Phi) is 5.62. The third kappa shape index (κ3) is 3.75. The lowest BCUT2D eigenvalue weighted by atomic mass is 10.0. The van der Waals surface area contributed by atoms with Gasteiger partial charge in [-0.25, -0.2) is 0 Å². The molecule has 0 aliphatic carbocycles. The molecular weight excluding hydrogens is 348 g/mol. The van der Waals surface area contributed by atoms with Gasteiger partial charge in [-0.2, -0.15) is 0 Å². The van der Waals surface area contributed by atoms with Gasteiger partial charge in [-0.3, -0.25) is 9.59 Å². The molecule has 2 amide bonds. The molecule has 4 nitrogen and oxygen atoms in total. The normalized spacial score (nSPS) is 17.1. The number of carbonyl (C=O) groups excluding carboxylic acids is 2. The molecule has 3 rings (SSSR count). The lowest BCUT2D eigenvalue weighted by Gasteiger charge is -2.26. The third-order valence-electron chi connectivity index (χ3n) is 4.86. The molecule has 136 valence electrons. The quantitative estimate of drug-likeness (QED) is 0.835. The Hall–Kier alpha value is -2.33. The second-order valence-corrected chi connectivity index (χ2v) is 7.12. The van der Waals surface area contributed by atoms with E-state index in [2.05, 4.69) is 5.32 Å². The first-order valence-electron chi connectivity index (χ1n) is 8.96. The maximum absolute atomic E-state index is 12.9. The number of nitrogens with zero attached hydrogens (tertiary/aromatic N) is 1. The molecule has 2 aromatic rings. The summed E-state index contributed by atoms with van der Waals surface area (Å²) >= 11 is 5.93. The zero-order chi connectivity index (χ0) is 18.7. The average Bonchev–Trinajstić information content (AvgIpc) is 2.93. The summed E-state index contributed by atoms with van der Waals surface area (Å²) in [6, 6.07) is 14.5. The Morgan fingerprint density at radius 2 is 1.88 bits per heavy atom. The summed E-state index contributed by atoms with van der Waals surface area (Å²) in [5.74, 6) is -0.201. The molecule has 2 atom stereocenters. The zero-order valence-corrected chi connectivity index (χ0v) is 15.8. The van der Waals surface area contributed by atoms with Crippen LogP contribution in [-0.2, 0) is 11.2 Å². The van der Waals surface area contributed by atoms with Crippen molar-refractivity contribution in [3.63, 3.8) is 0 Å². The molecule has 0 fully saturated rings. The van der Waals surface area contributed by atoms with Crippen LogP contribution in [0.1, 0.15) is 47.8 Å². The van der Waals surface area contributed by atoms with Gasteiger partial charge in [-0.05, 0) is 49.1 Å². The van der Waals surface area contributed by atoms with Gasteiger partial charge in [0.25, 0.3) is 5.91 Å². The maximum atomic E-state index is 12.9. The van der Waals surface area contributed by atoms with Crippen LogP contribution >= 0.6 is 11.6 Å². The van der Waals surface area contributed by atoms with Gasteiger partial charge >= 0.3 is 0 Å². The Morgan fingerprint density at radius 1 is 1.19 bits per heavy atom. The van der Waals surface area contributed by atoms with Crippen LogP contribution in [0.25, 0.3) is 0 Å². The van der Waals surface area contributed by atoms with E-state index in [4.69, 9.17) is 11.6 Å². The van der Waals surface area contributed by atoms with Crippen LogP contribution in [0, 0.1) is 0 Å². The molecule has 0 radical (unpaired) electrons. The minimum atomic E-state index is -0.569. The second-order valence-electron chi connectivity index (χ2n) is 6.68. The molecule has 0 bridgehead atoms. The number of hydrogen-bond donors (Lipinski definition) is 1. The number of halogens is 1. The largest absolute Gasteiger partial charge is 0.352 e. The van der Waals surface area contributed by atoms with Crippen LogP contribution in [0.2, 0.25) is 5.02 Å². The number of fused-ring (bicyclic) bond motifs is 1. The van der Waals surface area contributed by atoms with E-state index in [0.717, 1.165) is 17.5 Å². The van der Waals surface area contributed by atoms with E-state index in [1.807, 2.05) is 56.3 Å². The van der Waals surface area contributed by atoms with Crippen molar-refractivity contribution >= 4 is 23.4 Å². The molecule has 1 heterocycles. The number of amides is 2. The molecule has 26 heavy (non-hydrogen) atoms. The summed E-state index contributed by atoms with van der Waals surface area (Å²) in [6.07, 6.45) is 1.52. The van der Waals surface area contributed by atoms with Crippen LogP contribution in [-0.4, -0.2) is 29.3 Å². The van der Waals surface area contributed by atoms with Crippen molar-refractivity contribution in [3.05, 3.63) is 70.2 Å². The standard InChI is InChI=1S/C21H23ClN2O2/c1-3-14(2)23-20(25)19-17-6-4-5-7-18(17)21(26)24(19)13-12-15-8-10-16(22)11-9-15/h4-11,14,19H,3,12-13H2,1-2H3,(H,23,25). The van der Waals surface area contributed by atoms with Crippen LogP contribution in [0.5, 0.6) is 0 Å². The Balaban J connectivity index is 1.83. The van der Waals surface area contributed by atoms with E-state index in [-0.39, 0.29) is 17.9 Å². The van der Waals surface area contributed by atoms with Gasteiger partial charge in [0.15, 0.2) is 0 Å². The van der Waals surface area contributed by atoms with Crippen molar-refractivity contribution in [2.24, 2.45) is 0 Å². The van der Waals surface area contributed by atoms with Gasteiger partial charge in [-0.15, -0.1) is 0 Å². The summed E-state index contributed by atoms with van der Waals surface area (Å²) in [5, 5.41) is 3.70. The lowest BCUT2D eigenvalue weighted by Crippen LogP contribution is -2.43. The van der Waals surface area contributed by atoms with Gasteiger partial charge in [0.05, 0.1) is 0 Å². The maximum Gasteiger partial charge on any atom is 0.255 e. The molecule has 0 saturated heterocycles. The Morgan fingerprint density at radius 3 is 2.58 bits per heavy atom. The van der Waals surface area contributed by atoms with Crippen LogP contribution < -0.4 is 5.32 Å². The molecule has 5 heteroatoms. The molecule has 1 N–H and O–H groups in total. The van der Waals surface area contributed by atoms with Gasteiger partial charge in [0, 0.05) is 23.2 Å². The van der Waals surface area contributed by atoms with Crippen molar-refractivity contribution < 1.29 is 9.59 Å². The molecular formula is C21H23ClN2O2. The van der Waals surface area contributed by atoms with Crippen molar-refractivity contribution in [3.8, 4) is 0 Å². The van der Waals surface area contributed by atoms with E-state index in [1.165, 1.54) is 0 Å². The van der Waals surface area contributed by atoms with Gasteiger partial charge in [-0.1, -0.05) is 48.9 Å².